The predicted octanol–water partition coefficient (Wildman–Crippen LogP) is 1.65. The first-order chi connectivity index (χ1) is 9.16. The van der Waals surface area contributed by atoms with Crippen molar-refractivity contribution in [2.75, 3.05) is 32.8 Å². The summed E-state index contributed by atoms with van der Waals surface area (Å²) in [5, 5.41) is 3.56. The number of rotatable bonds is 4. The molecule has 1 aliphatic carbocycles. The van der Waals surface area contributed by atoms with Gasteiger partial charge in [0.2, 0.25) is 5.91 Å². The van der Waals surface area contributed by atoms with Gasteiger partial charge in [-0.15, -0.1) is 0 Å². The maximum Gasteiger partial charge on any atom is 0.224 e. The van der Waals surface area contributed by atoms with Gasteiger partial charge >= 0.3 is 0 Å². The zero-order chi connectivity index (χ0) is 13.7. The van der Waals surface area contributed by atoms with E-state index in [1.807, 2.05) is 4.90 Å². The van der Waals surface area contributed by atoms with Crippen LogP contribution in [0.1, 0.15) is 39.5 Å². The fourth-order valence-electron chi connectivity index (χ4n) is 3.09. The maximum absolute atomic E-state index is 12.0. The van der Waals surface area contributed by atoms with Crippen LogP contribution in [0.2, 0.25) is 0 Å². The molecule has 0 aromatic rings. The number of hydrogen-bond acceptors (Lipinski definition) is 3. The van der Waals surface area contributed by atoms with Crippen LogP contribution in [0.15, 0.2) is 0 Å². The smallest absolute Gasteiger partial charge is 0.224 e. The molecule has 2 rings (SSSR count). The lowest BCUT2D eigenvalue weighted by Crippen LogP contribution is -2.43. The molecule has 0 radical (unpaired) electrons. The second-order valence-electron chi connectivity index (χ2n) is 6.16. The highest BCUT2D eigenvalue weighted by atomic mass is 16.5. The van der Waals surface area contributed by atoms with Gasteiger partial charge in [0.15, 0.2) is 0 Å². The van der Waals surface area contributed by atoms with Crippen LogP contribution in [0, 0.1) is 11.8 Å². The van der Waals surface area contributed by atoms with Crippen molar-refractivity contribution in [2.45, 2.75) is 45.6 Å². The molecule has 1 amide bonds. The molecule has 2 aliphatic rings. The fraction of sp³-hybridized carbons (Fsp3) is 0.933. The second kappa shape index (κ2) is 7.25. The Morgan fingerprint density at radius 3 is 2.63 bits per heavy atom. The van der Waals surface area contributed by atoms with E-state index in [1.54, 1.807) is 0 Å². The number of morpholine rings is 1. The summed E-state index contributed by atoms with van der Waals surface area (Å²) in [5.74, 6) is 1.93. The fourth-order valence-corrected chi connectivity index (χ4v) is 3.09. The van der Waals surface area contributed by atoms with E-state index in [1.165, 1.54) is 19.3 Å². The number of ether oxygens (including phenoxy) is 1. The first kappa shape index (κ1) is 14.8. The summed E-state index contributed by atoms with van der Waals surface area (Å²) in [7, 11) is 0. The Morgan fingerprint density at radius 1 is 1.21 bits per heavy atom. The third-order valence-corrected chi connectivity index (χ3v) is 4.73. The molecule has 3 unspecified atom stereocenters. The van der Waals surface area contributed by atoms with Gasteiger partial charge in [0, 0.05) is 32.1 Å². The number of nitrogens with zero attached hydrogens (tertiary/aromatic N) is 1. The zero-order valence-electron chi connectivity index (χ0n) is 12.4. The Morgan fingerprint density at radius 2 is 1.95 bits per heavy atom. The topological polar surface area (TPSA) is 41.6 Å². The summed E-state index contributed by atoms with van der Waals surface area (Å²) in [6.45, 7) is 8.42. The third-order valence-electron chi connectivity index (χ3n) is 4.73. The zero-order valence-corrected chi connectivity index (χ0v) is 12.4. The van der Waals surface area contributed by atoms with Gasteiger partial charge in [0.1, 0.15) is 0 Å². The van der Waals surface area contributed by atoms with Gasteiger partial charge in [-0.2, -0.15) is 0 Å². The molecular weight excluding hydrogens is 240 g/mol. The van der Waals surface area contributed by atoms with E-state index in [2.05, 4.69) is 19.2 Å². The summed E-state index contributed by atoms with van der Waals surface area (Å²) in [6.07, 6.45) is 4.46. The Labute approximate surface area is 116 Å². The van der Waals surface area contributed by atoms with Crippen LogP contribution >= 0.6 is 0 Å². The van der Waals surface area contributed by atoms with Crippen LogP contribution < -0.4 is 5.32 Å². The normalized spacial score (nSPS) is 32.3. The summed E-state index contributed by atoms with van der Waals surface area (Å²) >= 11 is 0. The molecule has 4 nitrogen and oxygen atoms in total. The Kier molecular flexibility index (Phi) is 5.64. The molecule has 0 bridgehead atoms. The lowest BCUT2D eigenvalue weighted by Gasteiger charge is -2.33. The summed E-state index contributed by atoms with van der Waals surface area (Å²) in [4.78, 5) is 13.9. The maximum atomic E-state index is 12.0. The SMILES string of the molecule is CC1CCC(NCCC(=O)N2CCOCC2)CC1C. The summed E-state index contributed by atoms with van der Waals surface area (Å²) in [5.41, 5.74) is 0. The molecule has 1 N–H and O–H groups in total. The molecule has 0 aromatic carbocycles. The van der Waals surface area contributed by atoms with E-state index in [0.29, 0.717) is 25.7 Å². The number of carbonyl (C=O) groups excluding carboxylic acids is 1. The van der Waals surface area contributed by atoms with Gasteiger partial charge in [-0.05, 0) is 31.1 Å². The highest BCUT2D eigenvalue weighted by Crippen LogP contribution is 2.29. The van der Waals surface area contributed by atoms with Crippen molar-refractivity contribution in [1.82, 2.24) is 10.2 Å². The molecule has 19 heavy (non-hydrogen) atoms. The lowest BCUT2D eigenvalue weighted by molar-refractivity contribution is -0.135. The van der Waals surface area contributed by atoms with Gasteiger partial charge in [0.05, 0.1) is 13.2 Å². The van der Waals surface area contributed by atoms with Crippen LogP contribution in [0.4, 0.5) is 0 Å². The highest BCUT2D eigenvalue weighted by Gasteiger charge is 2.24. The van der Waals surface area contributed by atoms with Gasteiger partial charge in [0.25, 0.3) is 0 Å². The van der Waals surface area contributed by atoms with Gasteiger partial charge < -0.3 is 15.0 Å². The minimum atomic E-state index is 0.271. The molecule has 1 heterocycles. The minimum absolute atomic E-state index is 0.271. The molecule has 3 atom stereocenters. The minimum Gasteiger partial charge on any atom is -0.378 e. The van der Waals surface area contributed by atoms with Gasteiger partial charge in [-0.1, -0.05) is 13.8 Å². The van der Waals surface area contributed by atoms with Gasteiger partial charge in [-0.3, -0.25) is 4.79 Å². The highest BCUT2D eigenvalue weighted by molar-refractivity contribution is 5.76. The van der Waals surface area contributed by atoms with E-state index in [9.17, 15) is 4.79 Å². The van der Waals surface area contributed by atoms with E-state index >= 15 is 0 Å². The van der Waals surface area contributed by atoms with Crippen molar-refractivity contribution in [1.29, 1.82) is 0 Å². The Hall–Kier alpha value is -0.610. The molecule has 4 heteroatoms. The number of amides is 1. The lowest BCUT2D eigenvalue weighted by atomic mass is 9.79. The quantitative estimate of drug-likeness (QED) is 0.843. The molecule has 1 saturated heterocycles. The first-order valence-electron chi connectivity index (χ1n) is 7.75. The van der Waals surface area contributed by atoms with Crippen molar-refractivity contribution in [3.63, 3.8) is 0 Å². The van der Waals surface area contributed by atoms with Crippen molar-refractivity contribution >= 4 is 5.91 Å². The standard InChI is InChI=1S/C15H28N2O2/c1-12-3-4-14(11-13(12)2)16-6-5-15(18)17-7-9-19-10-8-17/h12-14,16H,3-11H2,1-2H3. The van der Waals surface area contributed by atoms with E-state index in [4.69, 9.17) is 4.74 Å². The predicted molar refractivity (Wildman–Crippen MR) is 76.0 cm³/mol. The van der Waals surface area contributed by atoms with E-state index in [0.717, 1.165) is 31.5 Å². The van der Waals surface area contributed by atoms with Crippen LogP contribution in [-0.4, -0.2) is 49.7 Å². The molecule has 0 aromatic heterocycles. The molecule has 2 fully saturated rings. The van der Waals surface area contributed by atoms with Crippen molar-refractivity contribution in [3.05, 3.63) is 0 Å². The largest absolute Gasteiger partial charge is 0.378 e. The van der Waals surface area contributed by atoms with Crippen molar-refractivity contribution < 1.29 is 9.53 Å². The number of nitrogens with one attached hydrogen (secondary N) is 1. The first-order valence-corrected chi connectivity index (χ1v) is 7.75. The summed E-state index contributed by atoms with van der Waals surface area (Å²) < 4.78 is 5.26. The third kappa shape index (κ3) is 4.46. The van der Waals surface area contributed by atoms with E-state index < -0.39 is 0 Å². The number of hydrogen-bond donors (Lipinski definition) is 1. The summed E-state index contributed by atoms with van der Waals surface area (Å²) in [6, 6.07) is 0.615. The average molecular weight is 268 g/mol. The molecule has 110 valence electrons. The van der Waals surface area contributed by atoms with Crippen LogP contribution in [0.25, 0.3) is 0 Å². The molecule has 1 aliphatic heterocycles. The Balaban J connectivity index is 1.62. The Bertz CT molecular complexity index is 290. The molecule has 1 saturated carbocycles. The number of carbonyl (C=O) groups is 1. The van der Waals surface area contributed by atoms with Crippen LogP contribution in [-0.2, 0) is 9.53 Å². The van der Waals surface area contributed by atoms with Crippen molar-refractivity contribution in [3.8, 4) is 0 Å². The van der Waals surface area contributed by atoms with Crippen LogP contribution in [0.3, 0.4) is 0 Å². The van der Waals surface area contributed by atoms with E-state index in [-0.39, 0.29) is 5.91 Å². The molecule has 0 spiro atoms. The second-order valence-corrected chi connectivity index (χ2v) is 6.16. The van der Waals surface area contributed by atoms with Gasteiger partial charge in [-0.25, -0.2) is 0 Å². The molecular formula is C15H28N2O2. The van der Waals surface area contributed by atoms with Crippen LogP contribution in [0.5, 0.6) is 0 Å². The monoisotopic (exact) mass is 268 g/mol. The van der Waals surface area contributed by atoms with Crippen molar-refractivity contribution in [2.24, 2.45) is 11.8 Å². The average Bonchev–Trinajstić information content (AvgIpc) is 2.43.